The van der Waals surface area contributed by atoms with Crippen LogP contribution in [0.3, 0.4) is 0 Å². The summed E-state index contributed by atoms with van der Waals surface area (Å²) in [4.78, 5) is 4.32. The van der Waals surface area contributed by atoms with Crippen LogP contribution in [0.15, 0.2) is 22.7 Å². The van der Waals surface area contributed by atoms with Gasteiger partial charge in [-0.2, -0.15) is 18.2 Å². The summed E-state index contributed by atoms with van der Waals surface area (Å²) in [7, 11) is 0. The first-order valence-corrected chi connectivity index (χ1v) is 10.6. The van der Waals surface area contributed by atoms with Gasteiger partial charge in [0, 0.05) is 11.5 Å². The molecule has 0 saturated heterocycles. The minimum Gasteiger partial charge on any atom is -0.493 e. The van der Waals surface area contributed by atoms with E-state index in [0.717, 1.165) is 51.0 Å². The van der Waals surface area contributed by atoms with Crippen LogP contribution in [0.2, 0.25) is 0 Å². The van der Waals surface area contributed by atoms with E-state index in [1.165, 1.54) is 12.5 Å². The number of aromatic nitrogens is 2. The first kappa shape index (κ1) is 21.7. The predicted octanol–water partition coefficient (Wildman–Crippen LogP) is 7.01. The van der Waals surface area contributed by atoms with Gasteiger partial charge in [-0.05, 0) is 43.4 Å². The summed E-state index contributed by atoms with van der Waals surface area (Å²) in [5.41, 5.74) is -0.517. The van der Waals surface area contributed by atoms with Crippen LogP contribution >= 0.6 is 0 Å². The second-order valence-corrected chi connectivity index (χ2v) is 8.02. The molecule has 1 aliphatic carbocycles. The van der Waals surface area contributed by atoms with Crippen LogP contribution in [0.5, 0.6) is 5.75 Å². The van der Waals surface area contributed by atoms with Gasteiger partial charge < -0.3 is 9.26 Å². The van der Waals surface area contributed by atoms with Crippen molar-refractivity contribution in [3.63, 3.8) is 0 Å². The first-order valence-electron chi connectivity index (χ1n) is 10.6. The summed E-state index contributed by atoms with van der Waals surface area (Å²) in [6.07, 6.45) is 3.95. The zero-order chi connectivity index (χ0) is 20.9. The van der Waals surface area contributed by atoms with E-state index < -0.39 is 11.7 Å². The second-order valence-electron chi connectivity index (χ2n) is 8.02. The molecule has 0 aliphatic heterocycles. The summed E-state index contributed by atoms with van der Waals surface area (Å²) < 4.78 is 51.8. The lowest BCUT2D eigenvalue weighted by Gasteiger charge is -2.23. The summed E-state index contributed by atoms with van der Waals surface area (Å²) in [5, 5.41) is 3.89. The molecular weight excluding hydrogens is 381 g/mol. The molecule has 0 N–H and O–H groups in total. The standard InChI is InChI=1S/C22H29F3N2O2/c1-3-4-8-15(2)21-26-20(27-29-21)17-11-12-19(18(13-17)22(23,24)25)28-14-16-9-6-5-7-10-16/h11-13,15-16H,3-10,14H2,1-2H3. The third-order valence-corrected chi connectivity index (χ3v) is 5.60. The van der Waals surface area contributed by atoms with Gasteiger partial charge in [-0.25, -0.2) is 0 Å². The maximum Gasteiger partial charge on any atom is 0.419 e. The molecule has 1 fully saturated rings. The van der Waals surface area contributed by atoms with Gasteiger partial charge in [0.1, 0.15) is 5.75 Å². The van der Waals surface area contributed by atoms with E-state index >= 15 is 0 Å². The smallest absolute Gasteiger partial charge is 0.419 e. The Balaban J connectivity index is 1.77. The number of halogens is 3. The van der Waals surface area contributed by atoms with E-state index in [1.54, 1.807) is 6.07 Å². The molecule has 0 radical (unpaired) electrons. The van der Waals surface area contributed by atoms with Crippen molar-refractivity contribution in [2.75, 3.05) is 6.61 Å². The molecule has 0 amide bonds. The largest absolute Gasteiger partial charge is 0.493 e. The molecule has 1 aromatic heterocycles. The van der Waals surface area contributed by atoms with Gasteiger partial charge >= 0.3 is 6.18 Å². The Morgan fingerprint density at radius 1 is 1.21 bits per heavy atom. The average Bonchev–Trinajstić information content (AvgIpc) is 3.21. The topological polar surface area (TPSA) is 48.2 Å². The van der Waals surface area contributed by atoms with Crippen molar-refractivity contribution in [1.82, 2.24) is 10.1 Å². The molecule has 1 atom stereocenters. The van der Waals surface area contributed by atoms with Crippen molar-refractivity contribution in [3.05, 3.63) is 29.7 Å². The van der Waals surface area contributed by atoms with E-state index in [1.807, 2.05) is 6.92 Å². The summed E-state index contributed by atoms with van der Waals surface area (Å²) in [6.45, 7) is 4.41. The Kier molecular flexibility index (Phi) is 7.19. The highest BCUT2D eigenvalue weighted by molar-refractivity contribution is 5.59. The number of alkyl halides is 3. The molecule has 4 nitrogen and oxygen atoms in total. The van der Waals surface area contributed by atoms with Crippen molar-refractivity contribution in [2.45, 2.75) is 77.3 Å². The first-order chi connectivity index (χ1) is 13.9. The van der Waals surface area contributed by atoms with Crippen LogP contribution < -0.4 is 4.74 Å². The van der Waals surface area contributed by atoms with Gasteiger partial charge in [0.15, 0.2) is 0 Å². The van der Waals surface area contributed by atoms with Gasteiger partial charge in [0.25, 0.3) is 0 Å². The number of hydrogen-bond donors (Lipinski definition) is 0. The van der Waals surface area contributed by atoms with Crippen LogP contribution in [0.1, 0.15) is 82.6 Å². The number of benzene rings is 1. The van der Waals surface area contributed by atoms with Gasteiger partial charge in [-0.1, -0.05) is 51.1 Å². The van der Waals surface area contributed by atoms with E-state index in [0.29, 0.717) is 18.4 Å². The number of hydrogen-bond acceptors (Lipinski definition) is 4. The third kappa shape index (κ3) is 5.73. The van der Waals surface area contributed by atoms with Crippen LogP contribution in [-0.4, -0.2) is 16.7 Å². The van der Waals surface area contributed by atoms with Crippen molar-refractivity contribution in [2.24, 2.45) is 5.92 Å². The van der Waals surface area contributed by atoms with E-state index in [2.05, 4.69) is 17.1 Å². The third-order valence-electron chi connectivity index (χ3n) is 5.60. The van der Waals surface area contributed by atoms with Gasteiger partial charge in [-0.3, -0.25) is 0 Å². The van der Waals surface area contributed by atoms with E-state index in [9.17, 15) is 13.2 Å². The molecular formula is C22H29F3N2O2. The molecule has 1 heterocycles. The lowest BCUT2D eigenvalue weighted by Crippen LogP contribution is -2.17. The Labute approximate surface area is 169 Å². The van der Waals surface area contributed by atoms with Crippen molar-refractivity contribution < 1.29 is 22.4 Å². The minimum atomic E-state index is -4.51. The van der Waals surface area contributed by atoms with Crippen LogP contribution in [0.25, 0.3) is 11.4 Å². The number of unbranched alkanes of at least 4 members (excludes halogenated alkanes) is 1. The summed E-state index contributed by atoms with van der Waals surface area (Å²) >= 11 is 0. The minimum absolute atomic E-state index is 0.0800. The predicted molar refractivity (Wildman–Crippen MR) is 105 cm³/mol. The van der Waals surface area contributed by atoms with Crippen molar-refractivity contribution >= 4 is 0 Å². The summed E-state index contributed by atoms with van der Waals surface area (Å²) in [6, 6.07) is 4.00. The lowest BCUT2D eigenvalue weighted by molar-refractivity contribution is -0.139. The van der Waals surface area contributed by atoms with Crippen molar-refractivity contribution in [1.29, 1.82) is 0 Å². The highest BCUT2D eigenvalue weighted by Crippen LogP contribution is 2.39. The molecule has 1 aliphatic rings. The molecule has 1 aromatic carbocycles. The maximum atomic E-state index is 13.6. The lowest BCUT2D eigenvalue weighted by atomic mass is 9.90. The van der Waals surface area contributed by atoms with Crippen LogP contribution in [0, 0.1) is 5.92 Å². The number of nitrogens with zero attached hydrogens (tertiary/aromatic N) is 2. The fourth-order valence-electron chi connectivity index (χ4n) is 3.76. The Morgan fingerprint density at radius 3 is 2.66 bits per heavy atom. The quantitative estimate of drug-likeness (QED) is 0.470. The van der Waals surface area contributed by atoms with Gasteiger partial charge in [0.05, 0.1) is 12.2 Å². The highest BCUT2D eigenvalue weighted by atomic mass is 19.4. The van der Waals surface area contributed by atoms with E-state index in [4.69, 9.17) is 9.26 Å². The Morgan fingerprint density at radius 2 is 1.97 bits per heavy atom. The Bertz CT molecular complexity index is 783. The molecule has 2 aromatic rings. The van der Waals surface area contributed by atoms with Crippen molar-refractivity contribution in [3.8, 4) is 17.1 Å². The number of ether oxygens (including phenoxy) is 1. The number of rotatable bonds is 8. The fraction of sp³-hybridized carbons (Fsp3) is 0.636. The van der Waals surface area contributed by atoms with Crippen LogP contribution in [-0.2, 0) is 6.18 Å². The normalized spacial score (nSPS) is 16.7. The summed E-state index contributed by atoms with van der Waals surface area (Å²) in [5.74, 6) is 0.907. The average molecular weight is 410 g/mol. The molecule has 7 heteroatoms. The highest BCUT2D eigenvalue weighted by Gasteiger charge is 2.35. The molecule has 3 rings (SSSR count). The Hall–Kier alpha value is -2.05. The molecule has 1 unspecified atom stereocenters. The molecule has 1 saturated carbocycles. The fourth-order valence-corrected chi connectivity index (χ4v) is 3.76. The van der Waals surface area contributed by atoms with E-state index in [-0.39, 0.29) is 23.1 Å². The SMILES string of the molecule is CCCCC(C)c1nc(-c2ccc(OCC3CCCCC3)c(C(F)(F)F)c2)no1. The molecule has 0 spiro atoms. The van der Waals surface area contributed by atoms with Gasteiger partial charge in [-0.15, -0.1) is 0 Å². The molecule has 160 valence electrons. The zero-order valence-corrected chi connectivity index (χ0v) is 17.1. The van der Waals surface area contributed by atoms with Gasteiger partial charge in [0.2, 0.25) is 11.7 Å². The second kappa shape index (κ2) is 9.63. The zero-order valence-electron chi connectivity index (χ0n) is 17.1. The van der Waals surface area contributed by atoms with Crippen LogP contribution in [0.4, 0.5) is 13.2 Å². The molecule has 29 heavy (non-hydrogen) atoms. The molecule has 0 bridgehead atoms. The monoisotopic (exact) mass is 410 g/mol. The maximum absolute atomic E-state index is 13.6.